The van der Waals surface area contributed by atoms with Gasteiger partial charge >= 0.3 is 0 Å². The van der Waals surface area contributed by atoms with Crippen LogP contribution < -0.4 is 0 Å². The number of hydrogen-bond acceptors (Lipinski definition) is 5. The summed E-state index contributed by atoms with van der Waals surface area (Å²) >= 11 is 0. The monoisotopic (exact) mass is 294 g/mol. The molecule has 0 amide bonds. The first-order valence-electron chi connectivity index (χ1n) is 5.03. The minimum absolute atomic E-state index is 0.0382. The van der Waals surface area contributed by atoms with E-state index in [9.17, 15) is 16.8 Å². The van der Waals surface area contributed by atoms with Gasteiger partial charge in [0.05, 0.1) is 12.9 Å². The van der Waals surface area contributed by atoms with E-state index in [-0.39, 0.29) is 6.61 Å². The van der Waals surface area contributed by atoms with Crippen LogP contribution in [0.5, 0.6) is 0 Å². The Hall–Kier alpha value is -0.960. The van der Waals surface area contributed by atoms with E-state index in [0.29, 0.717) is 12.0 Å². The minimum atomic E-state index is -4.03. The van der Waals surface area contributed by atoms with Crippen molar-refractivity contribution in [2.75, 3.05) is 12.9 Å². The molecule has 8 heteroatoms. The summed E-state index contributed by atoms with van der Waals surface area (Å²) in [5, 5.41) is 0. The van der Waals surface area contributed by atoms with Gasteiger partial charge in [0.2, 0.25) is 0 Å². The van der Waals surface area contributed by atoms with Crippen LogP contribution in [0.2, 0.25) is 0 Å². The van der Waals surface area contributed by atoms with Gasteiger partial charge in [-0.05, 0) is 17.5 Å². The highest BCUT2D eigenvalue weighted by Crippen LogP contribution is 2.08. The smallest absolute Gasteiger partial charge is 0.269 e. The lowest BCUT2D eigenvalue weighted by atomic mass is 10.1. The lowest BCUT2D eigenvalue weighted by Crippen LogP contribution is -2.06. The van der Waals surface area contributed by atoms with Gasteiger partial charge in [-0.3, -0.25) is 8.74 Å². The molecule has 0 aromatic heterocycles. The molecule has 0 atom stereocenters. The topological polar surface area (TPSA) is 97.7 Å². The first-order chi connectivity index (χ1) is 8.16. The Kier molecular flexibility index (Phi) is 4.85. The van der Waals surface area contributed by atoms with E-state index in [2.05, 4.69) is 4.18 Å². The molecule has 0 aliphatic rings. The van der Waals surface area contributed by atoms with Crippen molar-refractivity contribution in [3.05, 3.63) is 35.4 Å². The van der Waals surface area contributed by atoms with Crippen LogP contribution in [-0.4, -0.2) is 34.3 Å². The highest BCUT2D eigenvalue weighted by Gasteiger charge is 2.06. The number of benzene rings is 1. The second-order valence-corrected chi connectivity index (χ2v) is 6.92. The second kappa shape index (κ2) is 5.79. The standard InChI is InChI=1S/C10H14O6S2/c1-17(11,12)16-7-6-9-2-4-10(5-3-9)8-18(13,14)15/h2-5H,6-8H2,1H3,(H,13,14,15). The second-order valence-electron chi connectivity index (χ2n) is 3.82. The Morgan fingerprint density at radius 2 is 1.56 bits per heavy atom. The zero-order valence-corrected chi connectivity index (χ0v) is 11.4. The van der Waals surface area contributed by atoms with Gasteiger partial charge in [0.25, 0.3) is 20.2 Å². The molecule has 6 nitrogen and oxygen atoms in total. The molecule has 1 aromatic carbocycles. The largest absolute Gasteiger partial charge is 0.285 e. The SMILES string of the molecule is CS(=O)(=O)OCCc1ccc(CS(=O)(=O)O)cc1. The number of hydrogen-bond donors (Lipinski definition) is 1. The summed E-state index contributed by atoms with van der Waals surface area (Å²) < 4.78 is 55.9. The van der Waals surface area contributed by atoms with Crippen molar-refractivity contribution < 1.29 is 25.6 Å². The minimum Gasteiger partial charge on any atom is -0.285 e. The van der Waals surface area contributed by atoms with Crippen LogP contribution in [0, 0.1) is 0 Å². The van der Waals surface area contributed by atoms with Crippen LogP contribution in [0.15, 0.2) is 24.3 Å². The summed E-state index contributed by atoms with van der Waals surface area (Å²) in [7, 11) is -7.47. The Morgan fingerprint density at radius 3 is 2.00 bits per heavy atom. The summed E-state index contributed by atoms with van der Waals surface area (Å²) in [6.45, 7) is 0.0382. The van der Waals surface area contributed by atoms with Crippen LogP contribution in [0.3, 0.4) is 0 Å². The van der Waals surface area contributed by atoms with Crippen molar-refractivity contribution in [2.24, 2.45) is 0 Å². The molecule has 0 radical (unpaired) electrons. The predicted octanol–water partition coefficient (Wildman–Crippen LogP) is 0.593. The van der Waals surface area contributed by atoms with E-state index in [0.717, 1.165) is 11.8 Å². The highest BCUT2D eigenvalue weighted by atomic mass is 32.2. The van der Waals surface area contributed by atoms with E-state index in [4.69, 9.17) is 4.55 Å². The van der Waals surface area contributed by atoms with Gasteiger partial charge in [-0.1, -0.05) is 24.3 Å². The Labute approximate surface area is 106 Å². The first-order valence-corrected chi connectivity index (χ1v) is 8.46. The molecule has 102 valence electrons. The van der Waals surface area contributed by atoms with Gasteiger partial charge in [-0.15, -0.1) is 0 Å². The molecular formula is C10H14O6S2. The third-order valence-electron chi connectivity index (χ3n) is 2.06. The predicted molar refractivity (Wildman–Crippen MR) is 66.2 cm³/mol. The van der Waals surface area contributed by atoms with Crippen molar-refractivity contribution in [1.29, 1.82) is 0 Å². The van der Waals surface area contributed by atoms with Crippen LogP contribution in [0.25, 0.3) is 0 Å². The molecular weight excluding hydrogens is 280 g/mol. The van der Waals surface area contributed by atoms with Crippen LogP contribution >= 0.6 is 0 Å². The van der Waals surface area contributed by atoms with E-state index >= 15 is 0 Å². The lowest BCUT2D eigenvalue weighted by Gasteiger charge is -2.03. The van der Waals surface area contributed by atoms with Crippen molar-refractivity contribution >= 4 is 20.2 Å². The van der Waals surface area contributed by atoms with E-state index in [1.54, 1.807) is 24.3 Å². The van der Waals surface area contributed by atoms with Crippen molar-refractivity contribution in [1.82, 2.24) is 0 Å². The molecule has 1 N–H and O–H groups in total. The van der Waals surface area contributed by atoms with Gasteiger partial charge in [-0.2, -0.15) is 16.8 Å². The van der Waals surface area contributed by atoms with Crippen molar-refractivity contribution in [3.63, 3.8) is 0 Å². The third-order valence-corrected chi connectivity index (χ3v) is 3.35. The Morgan fingerprint density at radius 1 is 1.06 bits per heavy atom. The summed E-state index contributed by atoms with van der Waals surface area (Å²) in [5.74, 6) is -0.437. The molecule has 0 aliphatic carbocycles. The summed E-state index contributed by atoms with van der Waals surface area (Å²) in [4.78, 5) is 0. The maximum Gasteiger partial charge on any atom is 0.269 e. The molecule has 0 saturated heterocycles. The molecule has 1 aromatic rings. The average molecular weight is 294 g/mol. The molecule has 0 unspecified atom stereocenters. The van der Waals surface area contributed by atoms with E-state index < -0.39 is 26.0 Å². The average Bonchev–Trinajstić information content (AvgIpc) is 2.16. The van der Waals surface area contributed by atoms with Crippen LogP contribution in [-0.2, 0) is 36.6 Å². The van der Waals surface area contributed by atoms with Gasteiger partial charge in [0.15, 0.2) is 0 Å². The highest BCUT2D eigenvalue weighted by molar-refractivity contribution is 7.86. The fourth-order valence-electron chi connectivity index (χ4n) is 1.32. The van der Waals surface area contributed by atoms with Crippen LogP contribution in [0.1, 0.15) is 11.1 Å². The van der Waals surface area contributed by atoms with Crippen molar-refractivity contribution in [3.8, 4) is 0 Å². The first kappa shape index (κ1) is 15.1. The Bertz CT molecular complexity index is 586. The molecule has 0 heterocycles. The van der Waals surface area contributed by atoms with Gasteiger partial charge < -0.3 is 0 Å². The fraction of sp³-hybridized carbons (Fsp3) is 0.400. The van der Waals surface area contributed by atoms with E-state index in [1.807, 2.05) is 0 Å². The zero-order chi connectivity index (χ0) is 13.8. The molecule has 0 bridgehead atoms. The van der Waals surface area contributed by atoms with Gasteiger partial charge in [-0.25, -0.2) is 0 Å². The molecule has 18 heavy (non-hydrogen) atoms. The number of rotatable bonds is 6. The molecule has 0 saturated carbocycles. The molecule has 1 rings (SSSR count). The molecule has 0 aliphatic heterocycles. The molecule has 0 fully saturated rings. The zero-order valence-electron chi connectivity index (χ0n) is 9.74. The quantitative estimate of drug-likeness (QED) is 0.609. The summed E-state index contributed by atoms with van der Waals surface area (Å²) in [5.41, 5.74) is 1.28. The summed E-state index contributed by atoms with van der Waals surface area (Å²) in [6.07, 6.45) is 1.38. The lowest BCUT2D eigenvalue weighted by molar-refractivity contribution is 0.326. The fourth-order valence-corrected chi connectivity index (χ4v) is 2.32. The summed E-state index contributed by atoms with van der Waals surface area (Å²) in [6, 6.07) is 6.44. The Balaban J connectivity index is 2.56. The van der Waals surface area contributed by atoms with Gasteiger partial charge in [0.1, 0.15) is 5.75 Å². The molecule has 0 spiro atoms. The third kappa shape index (κ3) is 6.70. The maximum absolute atomic E-state index is 10.7. The van der Waals surface area contributed by atoms with E-state index in [1.165, 1.54) is 0 Å². The van der Waals surface area contributed by atoms with Crippen LogP contribution in [0.4, 0.5) is 0 Å². The maximum atomic E-state index is 10.7. The van der Waals surface area contributed by atoms with Crippen molar-refractivity contribution in [2.45, 2.75) is 12.2 Å². The normalized spacial score (nSPS) is 12.6. The van der Waals surface area contributed by atoms with Gasteiger partial charge in [0, 0.05) is 0 Å².